The number of esters is 1. The first-order valence-electron chi connectivity index (χ1n) is 13.5. The fourth-order valence-electron chi connectivity index (χ4n) is 4.81. The molecular weight excluding hydrogens is 554 g/mol. The first kappa shape index (κ1) is 31.7. The fraction of sp³-hybridized carbons (Fsp3) is 0.538. The van der Waals surface area contributed by atoms with Crippen LogP contribution in [0, 0.1) is 23.0 Å². The second-order valence-corrected chi connectivity index (χ2v) is 11.6. The van der Waals surface area contributed by atoms with Crippen LogP contribution in [-0.2, 0) is 24.3 Å². The molecule has 1 aromatic heterocycles. The number of guanidine groups is 1. The van der Waals surface area contributed by atoms with Crippen molar-refractivity contribution in [2.24, 2.45) is 16.8 Å². The molecule has 41 heavy (non-hydrogen) atoms. The zero-order chi connectivity index (χ0) is 30.0. The van der Waals surface area contributed by atoms with E-state index in [1.165, 1.54) is 6.07 Å². The van der Waals surface area contributed by atoms with E-state index in [-0.39, 0.29) is 48.0 Å². The number of nitrogens with two attached hydrogens (primary N) is 1. The van der Waals surface area contributed by atoms with Gasteiger partial charge in [-0.2, -0.15) is 4.72 Å². The van der Waals surface area contributed by atoms with Gasteiger partial charge in [0.2, 0.25) is 15.9 Å². The van der Waals surface area contributed by atoms with Gasteiger partial charge < -0.3 is 20.7 Å². The van der Waals surface area contributed by atoms with Crippen LogP contribution in [0.15, 0.2) is 40.5 Å². The summed E-state index contributed by atoms with van der Waals surface area (Å²) in [6.45, 7) is 4.95. The van der Waals surface area contributed by atoms with Gasteiger partial charge in [-0.1, -0.05) is 12.1 Å². The van der Waals surface area contributed by atoms with Gasteiger partial charge >= 0.3 is 5.97 Å². The van der Waals surface area contributed by atoms with Crippen molar-refractivity contribution in [2.45, 2.75) is 63.3 Å². The van der Waals surface area contributed by atoms with Gasteiger partial charge in [0.25, 0.3) is 5.96 Å². The molecule has 0 aliphatic carbocycles. The van der Waals surface area contributed by atoms with Crippen LogP contribution in [0.1, 0.15) is 51.0 Å². The number of benzene rings is 1. The van der Waals surface area contributed by atoms with Gasteiger partial charge in [0.1, 0.15) is 16.0 Å². The highest BCUT2D eigenvalue weighted by Gasteiger charge is 2.32. The van der Waals surface area contributed by atoms with Gasteiger partial charge in [-0.05, 0) is 69.6 Å². The molecule has 0 spiro atoms. The largest absolute Gasteiger partial charge is 0.466 e. The molecule has 224 valence electrons. The van der Waals surface area contributed by atoms with Crippen molar-refractivity contribution in [3.63, 3.8) is 0 Å². The molecule has 0 saturated carbocycles. The first-order chi connectivity index (χ1) is 19.5. The molecule has 1 atom stereocenters. The summed E-state index contributed by atoms with van der Waals surface area (Å²) in [6.07, 6.45) is 4.33. The smallest absolute Gasteiger partial charge is 0.305 e. The quantitative estimate of drug-likeness (QED) is 0.0768. The number of ether oxygens (including phenoxy) is 1. The number of hydrazone groups is 1. The molecule has 1 saturated heterocycles. The van der Waals surface area contributed by atoms with Crippen LogP contribution in [0.3, 0.4) is 0 Å². The summed E-state index contributed by atoms with van der Waals surface area (Å²) in [5, 5.41) is 15.8. The van der Waals surface area contributed by atoms with E-state index < -0.39 is 21.1 Å². The zero-order valence-electron chi connectivity index (χ0n) is 23.2. The summed E-state index contributed by atoms with van der Waals surface area (Å²) in [4.78, 5) is 41.7. The van der Waals surface area contributed by atoms with Gasteiger partial charge in [0, 0.05) is 37.6 Å². The van der Waals surface area contributed by atoms with E-state index in [9.17, 15) is 28.1 Å². The molecule has 2 aromatic rings. The first-order valence-corrected chi connectivity index (χ1v) is 15.0. The third-order valence-electron chi connectivity index (χ3n) is 6.85. The number of nitro groups is 1. The highest BCUT2D eigenvalue weighted by molar-refractivity contribution is 7.89. The van der Waals surface area contributed by atoms with Crippen LogP contribution in [-0.4, -0.2) is 73.5 Å². The van der Waals surface area contributed by atoms with Gasteiger partial charge in [0.15, 0.2) is 5.03 Å². The number of pyridine rings is 1. The lowest BCUT2D eigenvalue weighted by Gasteiger charge is -2.34. The Morgan fingerprint density at radius 1 is 1.32 bits per heavy atom. The minimum absolute atomic E-state index is 0.0361. The maximum atomic E-state index is 13.6. The predicted octanol–water partition coefficient (Wildman–Crippen LogP) is 1.65. The molecule has 4 N–H and O–H groups in total. The number of sulfonamides is 1. The van der Waals surface area contributed by atoms with Crippen molar-refractivity contribution in [3.8, 4) is 0 Å². The van der Waals surface area contributed by atoms with Crippen LogP contribution in [0.2, 0.25) is 0 Å². The third-order valence-corrected chi connectivity index (χ3v) is 8.35. The van der Waals surface area contributed by atoms with Gasteiger partial charge in [-0.15, -0.1) is 0 Å². The van der Waals surface area contributed by atoms with Crippen LogP contribution in [0.4, 0.5) is 0 Å². The SMILES string of the molecule is CCOC(=O)CCC1CCN(C(=O)[C@H](CCCN/C(N)=N/[N+](=O)[O-])NS(=O)(=O)c2cccc3cc(C)cnc23)CC1. The number of hydrogen-bond donors (Lipinski definition) is 3. The average Bonchev–Trinajstić information content (AvgIpc) is 2.92. The Morgan fingerprint density at radius 2 is 2.05 bits per heavy atom. The molecule has 14 nitrogen and oxygen atoms in total. The van der Waals surface area contributed by atoms with Crippen LogP contribution in [0.5, 0.6) is 0 Å². The molecule has 3 rings (SSSR count). The Kier molecular flexibility index (Phi) is 11.3. The Hall–Kier alpha value is -3.85. The molecule has 0 radical (unpaired) electrons. The summed E-state index contributed by atoms with van der Waals surface area (Å²) in [5.41, 5.74) is 6.63. The number of fused-ring (bicyclic) bond motifs is 1. The fourth-order valence-corrected chi connectivity index (χ4v) is 6.21. The number of aromatic nitrogens is 1. The standard InChI is InChI=1S/C26H37N7O7S/c1-3-40-23(34)10-9-19-11-14-32(15-12-19)25(35)21(7-5-13-28-26(27)30-33(36)37)31-41(38,39)22-8-4-6-20-16-18(2)17-29-24(20)22/h4,6,8,16-17,19,21,31H,3,5,7,9-15H2,1-2H3,(H3,27,28,30)/t21-/m0/s1. The van der Waals surface area contributed by atoms with E-state index in [4.69, 9.17) is 10.5 Å². The minimum Gasteiger partial charge on any atom is -0.466 e. The molecule has 2 heterocycles. The third kappa shape index (κ3) is 9.35. The Morgan fingerprint density at radius 3 is 2.73 bits per heavy atom. The number of carbonyl (C=O) groups excluding carboxylic acids is 2. The number of hydrogen-bond acceptors (Lipinski definition) is 8. The summed E-state index contributed by atoms with van der Waals surface area (Å²) in [7, 11) is -4.16. The molecule has 1 amide bonds. The lowest BCUT2D eigenvalue weighted by molar-refractivity contribution is -0.485. The Bertz CT molecular complexity index is 1380. The second-order valence-electron chi connectivity index (χ2n) is 9.92. The highest BCUT2D eigenvalue weighted by atomic mass is 32.2. The zero-order valence-corrected chi connectivity index (χ0v) is 24.1. The number of nitrogens with one attached hydrogen (secondary N) is 2. The topological polar surface area (TPSA) is 199 Å². The molecule has 1 aliphatic heterocycles. The summed E-state index contributed by atoms with van der Waals surface area (Å²) < 4.78 is 34.7. The highest BCUT2D eigenvalue weighted by Crippen LogP contribution is 2.25. The van der Waals surface area contributed by atoms with E-state index in [0.29, 0.717) is 56.3 Å². The minimum atomic E-state index is -4.16. The van der Waals surface area contributed by atoms with E-state index in [1.54, 1.807) is 30.2 Å². The maximum Gasteiger partial charge on any atom is 0.305 e. The van der Waals surface area contributed by atoms with Crippen molar-refractivity contribution in [3.05, 3.63) is 46.1 Å². The van der Waals surface area contributed by atoms with Crippen LogP contribution in [0.25, 0.3) is 10.9 Å². The van der Waals surface area contributed by atoms with E-state index in [1.807, 2.05) is 13.0 Å². The van der Waals surface area contributed by atoms with Crippen LogP contribution < -0.4 is 15.8 Å². The number of para-hydroxylation sites is 1. The molecule has 0 unspecified atom stereocenters. The monoisotopic (exact) mass is 591 g/mol. The number of amides is 1. The summed E-state index contributed by atoms with van der Waals surface area (Å²) >= 11 is 0. The predicted molar refractivity (Wildman–Crippen MR) is 152 cm³/mol. The normalized spacial score (nSPS) is 15.5. The van der Waals surface area contributed by atoms with Crippen molar-refractivity contribution in [1.29, 1.82) is 0 Å². The van der Waals surface area contributed by atoms with Gasteiger partial charge in [0.05, 0.1) is 12.1 Å². The second kappa shape index (κ2) is 14.7. The van der Waals surface area contributed by atoms with Gasteiger partial charge in [-0.25, -0.2) is 18.5 Å². The van der Waals surface area contributed by atoms with Crippen molar-refractivity contribution >= 4 is 38.8 Å². The van der Waals surface area contributed by atoms with Crippen molar-refractivity contribution < 1.29 is 27.8 Å². The number of rotatable bonds is 13. The van der Waals surface area contributed by atoms with E-state index >= 15 is 0 Å². The summed E-state index contributed by atoms with van der Waals surface area (Å²) in [5.74, 6) is -0.734. The van der Waals surface area contributed by atoms with Gasteiger partial charge in [-0.3, -0.25) is 14.6 Å². The maximum absolute atomic E-state index is 13.6. The lowest BCUT2D eigenvalue weighted by atomic mass is 9.92. The number of carbonyl (C=O) groups is 2. The number of likely N-dealkylation sites (tertiary alicyclic amines) is 1. The number of aryl methyl sites for hydroxylation is 1. The average molecular weight is 592 g/mol. The molecule has 15 heteroatoms. The van der Waals surface area contributed by atoms with Crippen molar-refractivity contribution in [1.82, 2.24) is 19.9 Å². The molecule has 1 aromatic carbocycles. The number of piperidine rings is 1. The summed E-state index contributed by atoms with van der Waals surface area (Å²) in [6, 6.07) is 5.58. The number of nitrogens with zero attached hydrogens (tertiary/aromatic N) is 4. The van der Waals surface area contributed by atoms with Crippen LogP contribution >= 0.6 is 0 Å². The molecule has 0 bridgehead atoms. The van der Waals surface area contributed by atoms with E-state index in [0.717, 1.165) is 5.56 Å². The molecule has 1 fully saturated rings. The van der Waals surface area contributed by atoms with E-state index in [2.05, 4.69) is 20.1 Å². The Labute approximate surface area is 238 Å². The molecular formula is C26H37N7O7S. The lowest BCUT2D eigenvalue weighted by Crippen LogP contribution is -2.51. The van der Waals surface area contributed by atoms with Crippen molar-refractivity contribution in [2.75, 3.05) is 26.2 Å². The Balaban J connectivity index is 1.73. The molecule has 1 aliphatic rings.